The molecule has 3 fully saturated rings. The lowest BCUT2D eigenvalue weighted by atomic mass is 9.79. The number of para-hydroxylation sites is 1. The Kier molecular flexibility index (Phi) is 6.33. The molecular formula is C22H34N2O3. The van der Waals surface area contributed by atoms with E-state index < -0.39 is 12.2 Å². The third kappa shape index (κ3) is 4.83. The van der Waals surface area contributed by atoms with Gasteiger partial charge in [0.05, 0.1) is 12.2 Å². The van der Waals surface area contributed by atoms with E-state index in [0.29, 0.717) is 11.8 Å². The van der Waals surface area contributed by atoms with Gasteiger partial charge >= 0.3 is 0 Å². The molecule has 2 aliphatic heterocycles. The van der Waals surface area contributed by atoms with Crippen molar-refractivity contribution >= 4 is 0 Å². The van der Waals surface area contributed by atoms with Gasteiger partial charge in [-0.2, -0.15) is 0 Å². The van der Waals surface area contributed by atoms with Gasteiger partial charge in [0.2, 0.25) is 0 Å². The van der Waals surface area contributed by atoms with E-state index in [-0.39, 0.29) is 0 Å². The van der Waals surface area contributed by atoms with Gasteiger partial charge in [0.1, 0.15) is 12.4 Å². The van der Waals surface area contributed by atoms with Crippen molar-refractivity contribution in [2.75, 3.05) is 39.3 Å². The molecule has 2 N–H and O–H groups in total. The van der Waals surface area contributed by atoms with Crippen LogP contribution in [0, 0.1) is 11.8 Å². The Morgan fingerprint density at radius 3 is 2.26 bits per heavy atom. The third-order valence-electron chi connectivity index (χ3n) is 6.67. The molecule has 27 heavy (non-hydrogen) atoms. The fourth-order valence-corrected chi connectivity index (χ4v) is 5.12. The summed E-state index contributed by atoms with van der Waals surface area (Å²) in [7, 11) is 0. The molecule has 1 aromatic rings. The summed E-state index contributed by atoms with van der Waals surface area (Å²) in [6.45, 7) is 7.09. The zero-order chi connectivity index (χ0) is 18.6. The molecular weight excluding hydrogens is 340 g/mol. The molecule has 0 amide bonds. The third-order valence-corrected chi connectivity index (χ3v) is 6.67. The highest BCUT2D eigenvalue weighted by molar-refractivity contribution is 5.33. The van der Waals surface area contributed by atoms with Crippen LogP contribution in [0.15, 0.2) is 24.3 Å². The summed E-state index contributed by atoms with van der Waals surface area (Å²) in [5.74, 6) is 2.02. The molecule has 4 atom stereocenters. The first-order valence-electron chi connectivity index (χ1n) is 10.7. The van der Waals surface area contributed by atoms with E-state index in [4.69, 9.17) is 4.74 Å². The van der Waals surface area contributed by atoms with Gasteiger partial charge in [0, 0.05) is 31.7 Å². The molecule has 0 spiro atoms. The van der Waals surface area contributed by atoms with Crippen LogP contribution in [0.4, 0.5) is 0 Å². The summed E-state index contributed by atoms with van der Waals surface area (Å²) < 4.78 is 6.15. The molecule has 2 heterocycles. The largest absolute Gasteiger partial charge is 0.492 e. The molecule has 150 valence electrons. The van der Waals surface area contributed by atoms with E-state index in [1.807, 2.05) is 0 Å². The highest BCUT2D eigenvalue weighted by Gasteiger charge is 2.41. The Morgan fingerprint density at radius 1 is 0.889 bits per heavy atom. The highest BCUT2D eigenvalue weighted by atomic mass is 16.5. The lowest BCUT2D eigenvalue weighted by Gasteiger charge is -2.32. The van der Waals surface area contributed by atoms with Crippen LogP contribution in [0.1, 0.15) is 37.7 Å². The Morgan fingerprint density at radius 2 is 1.56 bits per heavy atom. The van der Waals surface area contributed by atoms with Gasteiger partial charge in [0.25, 0.3) is 0 Å². The molecule has 3 aliphatic rings. The van der Waals surface area contributed by atoms with Crippen LogP contribution < -0.4 is 4.74 Å². The van der Waals surface area contributed by atoms with Crippen molar-refractivity contribution in [1.82, 2.24) is 9.80 Å². The van der Waals surface area contributed by atoms with Crippen LogP contribution in [0.5, 0.6) is 5.75 Å². The van der Waals surface area contributed by atoms with E-state index in [1.165, 1.54) is 37.9 Å². The van der Waals surface area contributed by atoms with Gasteiger partial charge in [-0.1, -0.05) is 24.6 Å². The molecule has 0 aromatic heterocycles. The number of rotatable bonds is 6. The van der Waals surface area contributed by atoms with Crippen molar-refractivity contribution in [3.8, 4) is 5.75 Å². The number of ether oxygens (including phenoxy) is 1. The van der Waals surface area contributed by atoms with Gasteiger partial charge in [-0.05, 0) is 56.7 Å². The molecule has 0 radical (unpaired) electrons. The summed E-state index contributed by atoms with van der Waals surface area (Å²) in [5.41, 5.74) is 1.25. The molecule has 1 saturated carbocycles. The summed E-state index contributed by atoms with van der Waals surface area (Å²) in [6, 6.07) is 8.39. The van der Waals surface area contributed by atoms with Crippen molar-refractivity contribution in [2.45, 2.75) is 50.9 Å². The minimum absolute atomic E-state index is 0.510. The van der Waals surface area contributed by atoms with Crippen LogP contribution in [0.3, 0.4) is 0 Å². The molecule has 1 aromatic carbocycles. The first-order valence-corrected chi connectivity index (χ1v) is 10.7. The molecule has 5 nitrogen and oxygen atoms in total. The smallest absolute Gasteiger partial charge is 0.123 e. The summed E-state index contributed by atoms with van der Waals surface area (Å²) >= 11 is 0. The van der Waals surface area contributed by atoms with Gasteiger partial charge in [0.15, 0.2) is 0 Å². The van der Waals surface area contributed by atoms with E-state index >= 15 is 0 Å². The van der Waals surface area contributed by atoms with Crippen LogP contribution in [-0.4, -0.2) is 71.6 Å². The maximum atomic E-state index is 9.96. The van der Waals surface area contributed by atoms with Crippen molar-refractivity contribution in [3.05, 3.63) is 29.8 Å². The number of likely N-dealkylation sites (tertiary alicyclic amines) is 2. The Hall–Kier alpha value is -1.14. The molecule has 4 rings (SSSR count). The summed E-state index contributed by atoms with van der Waals surface area (Å²) in [5, 5.41) is 19.9. The number of hydrogen-bond donors (Lipinski definition) is 2. The minimum Gasteiger partial charge on any atom is -0.492 e. The maximum absolute atomic E-state index is 9.96. The van der Waals surface area contributed by atoms with E-state index in [9.17, 15) is 10.2 Å². The molecule has 5 heteroatoms. The van der Waals surface area contributed by atoms with Gasteiger partial charge in [-0.25, -0.2) is 0 Å². The minimum atomic E-state index is -0.545. The number of piperidine rings is 1. The van der Waals surface area contributed by atoms with E-state index in [2.05, 4.69) is 34.1 Å². The average Bonchev–Trinajstić information content (AvgIpc) is 3.05. The SMILES string of the molecule is O[C@@H]1C[C@H]2CN(Cc3ccccc3OCCN3CCCCC3)C[C@H]2C[C@@H]1O. The predicted molar refractivity (Wildman–Crippen MR) is 106 cm³/mol. The zero-order valence-electron chi connectivity index (χ0n) is 16.3. The van der Waals surface area contributed by atoms with Gasteiger partial charge < -0.3 is 14.9 Å². The molecule has 0 unspecified atom stereocenters. The van der Waals surface area contributed by atoms with Crippen LogP contribution >= 0.6 is 0 Å². The number of hydrogen-bond acceptors (Lipinski definition) is 5. The number of aliphatic hydroxyl groups excluding tert-OH is 2. The summed E-state index contributed by atoms with van der Waals surface area (Å²) in [6.07, 6.45) is 4.38. The van der Waals surface area contributed by atoms with Gasteiger partial charge in [-0.3, -0.25) is 9.80 Å². The Bertz CT molecular complexity index is 587. The standard InChI is InChI=1S/C22H34N2O3/c25-20-12-18-15-24(16-19(18)13-21(20)26)14-17-6-2-3-7-22(17)27-11-10-23-8-4-1-5-9-23/h2-3,6-7,18-21,25-26H,1,4-5,8-16H2/t18-,19+,20+,21-. The van der Waals surface area contributed by atoms with Crippen molar-refractivity contribution < 1.29 is 14.9 Å². The normalized spacial score (nSPS) is 32.4. The van der Waals surface area contributed by atoms with E-state index in [0.717, 1.165) is 51.4 Å². The topological polar surface area (TPSA) is 56.2 Å². The van der Waals surface area contributed by atoms with E-state index in [1.54, 1.807) is 0 Å². The fraction of sp³-hybridized carbons (Fsp3) is 0.727. The van der Waals surface area contributed by atoms with Crippen molar-refractivity contribution in [1.29, 1.82) is 0 Å². The second-order valence-corrected chi connectivity index (χ2v) is 8.68. The lowest BCUT2D eigenvalue weighted by Crippen LogP contribution is -2.38. The lowest BCUT2D eigenvalue weighted by molar-refractivity contribution is -0.0372. The zero-order valence-corrected chi connectivity index (χ0v) is 16.3. The summed E-state index contributed by atoms with van der Waals surface area (Å²) in [4.78, 5) is 4.97. The average molecular weight is 375 g/mol. The second kappa shape index (κ2) is 8.91. The second-order valence-electron chi connectivity index (χ2n) is 8.68. The first-order chi connectivity index (χ1) is 13.2. The molecule has 1 aliphatic carbocycles. The van der Waals surface area contributed by atoms with Crippen LogP contribution in [0.2, 0.25) is 0 Å². The predicted octanol–water partition coefficient (Wildman–Crippen LogP) is 2.11. The fourth-order valence-electron chi connectivity index (χ4n) is 5.12. The van der Waals surface area contributed by atoms with Crippen molar-refractivity contribution in [3.63, 3.8) is 0 Å². The maximum Gasteiger partial charge on any atom is 0.123 e. The highest BCUT2D eigenvalue weighted by Crippen LogP contribution is 2.37. The Labute approximate surface area is 162 Å². The monoisotopic (exact) mass is 374 g/mol. The number of fused-ring (bicyclic) bond motifs is 1. The number of aliphatic hydroxyl groups is 2. The Balaban J connectivity index is 1.30. The number of benzene rings is 1. The van der Waals surface area contributed by atoms with Crippen molar-refractivity contribution in [2.24, 2.45) is 11.8 Å². The first kappa shape index (κ1) is 19.2. The molecule has 2 saturated heterocycles. The van der Waals surface area contributed by atoms with Crippen LogP contribution in [-0.2, 0) is 6.54 Å². The quantitative estimate of drug-likeness (QED) is 0.799. The number of nitrogens with zero attached hydrogens (tertiary/aromatic N) is 2. The molecule has 0 bridgehead atoms. The van der Waals surface area contributed by atoms with Crippen LogP contribution in [0.25, 0.3) is 0 Å². The van der Waals surface area contributed by atoms with Gasteiger partial charge in [-0.15, -0.1) is 0 Å².